The Morgan fingerprint density at radius 1 is 1.05 bits per heavy atom. The van der Waals surface area contributed by atoms with Crippen LogP contribution in [-0.2, 0) is 25.6 Å². The zero-order chi connectivity index (χ0) is 28.2. The summed E-state index contributed by atoms with van der Waals surface area (Å²) >= 11 is 0. The molecule has 0 bridgehead atoms. The summed E-state index contributed by atoms with van der Waals surface area (Å²) in [5.41, 5.74) is 5.08. The molecule has 0 N–H and O–H groups in total. The SMILES string of the molecule is C=C(C)CCC=C(C)C.C=C(C)CCOC1C=C(COCc2c(F)cccc2F)[C@H]2CC(=O)C(C)=CC2O1. The number of carbonyl (C=O) groups is 1. The molecule has 3 atom stereocenters. The van der Waals surface area contributed by atoms with Crippen molar-refractivity contribution in [3.63, 3.8) is 0 Å². The molecule has 208 valence electrons. The van der Waals surface area contributed by atoms with Crippen molar-refractivity contribution in [3.8, 4) is 0 Å². The van der Waals surface area contributed by atoms with Gasteiger partial charge < -0.3 is 14.2 Å². The quantitative estimate of drug-likeness (QED) is 0.273. The van der Waals surface area contributed by atoms with Crippen LogP contribution in [-0.4, -0.2) is 31.4 Å². The molecule has 6 heteroatoms. The number of allylic oxidation sites excluding steroid dienone is 4. The minimum Gasteiger partial charge on any atom is -0.372 e. The van der Waals surface area contributed by atoms with Crippen LogP contribution in [0.15, 0.2) is 77.5 Å². The standard InChI is InChI=1S/C23H26F2O4.C9H16/c1-14(2)7-8-28-23-10-16(17-11-21(26)15(3)9-22(17)29-23)12-27-13-18-19(24)5-4-6-20(18)25;1-8(2)6-5-7-9(3)4/h4-6,9-10,17,22-23H,1,7-8,11-13H2,2-3H3;7H,1,5-6H2,2-4H3/t17-,22?,23?;/m1./s1. The van der Waals surface area contributed by atoms with Crippen LogP contribution in [0.3, 0.4) is 0 Å². The molecule has 1 aromatic rings. The summed E-state index contributed by atoms with van der Waals surface area (Å²) in [5.74, 6) is -1.40. The van der Waals surface area contributed by atoms with Gasteiger partial charge in [0, 0.05) is 17.9 Å². The van der Waals surface area contributed by atoms with Crippen LogP contribution in [0.25, 0.3) is 0 Å². The maximum Gasteiger partial charge on any atom is 0.177 e. The minimum absolute atomic E-state index is 0.0579. The van der Waals surface area contributed by atoms with Crippen molar-refractivity contribution in [2.75, 3.05) is 13.2 Å². The number of fused-ring (bicyclic) bond motifs is 1. The number of benzene rings is 1. The summed E-state index contributed by atoms with van der Waals surface area (Å²) in [6, 6.07) is 3.71. The van der Waals surface area contributed by atoms with E-state index < -0.39 is 17.9 Å². The number of ether oxygens (including phenoxy) is 3. The van der Waals surface area contributed by atoms with E-state index in [2.05, 4.69) is 40.0 Å². The number of halogens is 2. The first-order chi connectivity index (χ1) is 18.0. The van der Waals surface area contributed by atoms with Crippen LogP contribution >= 0.6 is 0 Å². The van der Waals surface area contributed by atoms with Crippen molar-refractivity contribution < 1.29 is 27.8 Å². The predicted molar refractivity (Wildman–Crippen MR) is 148 cm³/mol. The number of ketones is 1. The monoisotopic (exact) mass is 528 g/mol. The molecule has 0 radical (unpaired) electrons. The van der Waals surface area contributed by atoms with E-state index in [1.165, 1.54) is 29.3 Å². The minimum atomic E-state index is -0.642. The molecular weight excluding hydrogens is 486 g/mol. The fourth-order valence-electron chi connectivity index (χ4n) is 4.04. The summed E-state index contributed by atoms with van der Waals surface area (Å²) < 4.78 is 45.0. The van der Waals surface area contributed by atoms with E-state index in [9.17, 15) is 13.6 Å². The van der Waals surface area contributed by atoms with Gasteiger partial charge in [0.2, 0.25) is 0 Å². The van der Waals surface area contributed by atoms with Gasteiger partial charge in [-0.1, -0.05) is 28.9 Å². The summed E-state index contributed by atoms with van der Waals surface area (Å²) in [6.45, 7) is 18.1. The topological polar surface area (TPSA) is 44.8 Å². The van der Waals surface area contributed by atoms with E-state index in [1.54, 1.807) is 13.0 Å². The van der Waals surface area contributed by atoms with E-state index in [0.29, 0.717) is 25.0 Å². The number of rotatable bonds is 11. The average Bonchev–Trinajstić information content (AvgIpc) is 2.82. The molecule has 1 aliphatic heterocycles. The lowest BCUT2D eigenvalue weighted by molar-refractivity contribution is -0.154. The second kappa shape index (κ2) is 15.7. The molecule has 38 heavy (non-hydrogen) atoms. The Hall–Kier alpha value is -2.67. The third kappa shape index (κ3) is 10.6. The van der Waals surface area contributed by atoms with Crippen molar-refractivity contribution in [1.29, 1.82) is 0 Å². The lowest BCUT2D eigenvalue weighted by Crippen LogP contribution is -2.39. The van der Waals surface area contributed by atoms with Crippen molar-refractivity contribution in [2.24, 2.45) is 5.92 Å². The van der Waals surface area contributed by atoms with Gasteiger partial charge >= 0.3 is 0 Å². The smallest absolute Gasteiger partial charge is 0.177 e. The summed E-state index contributed by atoms with van der Waals surface area (Å²) in [4.78, 5) is 12.2. The highest BCUT2D eigenvalue weighted by Gasteiger charge is 2.37. The van der Waals surface area contributed by atoms with E-state index in [4.69, 9.17) is 14.2 Å². The highest BCUT2D eigenvalue weighted by atomic mass is 19.1. The Morgan fingerprint density at radius 2 is 1.71 bits per heavy atom. The molecule has 0 fully saturated rings. The van der Waals surface area contributed by atoms with Gasteiger partial charge in [-0.25, -0.2) is 8.78 Å². The first-order valence-corrected chi connectivity index (χ1v) is 13.1. The number of hydrogen-bond donors (Lipinski definition) is 0. The number of hydrogen-bond acceptors (Lipinski definition) is 4. The average molecular weight is 529 g/mol. The third-order valence-electron chi connectivity index (χ3n) is 6.29. The van der Waals surface area contributed by atoms with Gasteiger partial charge in [0.05, 0.1) is 25.9 Å². The molecule has 2 aliphatic rings. The zero-order valence-electron chi connectivity index (χ0n) is 23.4. The zero-order valence-corrected chi connectivity index (χ0v) is 23.4. The van der Waals surface area contributed by atoms with Gasteiger partial charge in [-0.05, 0) is 89.3 Å². The van der Waals surface area contributed by atoms with Gasteiger partial charge in [-0.2, -0.15) is 0 Å². The molecule has 0 spiro atoms. The largest absolute Gasteiger partial charge is 0.372 e. The summed E-state index contributed by atoms with van der Waals surface area (Å²) in [6.07, 6.45) is 8.31. The first-order valence-electron chi connectivity index (χ1n) is 13.1. The first kappa shape index (κ1) is 31.5. The summed E-state index contributed by atoms with van der Waals surface area (Å²) in [7, 11) is 0. The molecule has 0 aromatic heterocycles. The van der Waals surface area contributed by atoms with Crippen molar-refractivity contribution >= 4 is 5.78 Å². The Kier molecular flexibility index (Phi) is 13.0. The lowest BCUT2D eigenvalue weighted by atomic mass is 9.80. The van der Waals surface area contributed by atoms with Crippen molar-refractivity contribution in [3.05, 3.63) is 94.6 Å². The van der Waals surface area contributed by atoms with Crippen LogP contribution in [0.4, 0.5) is 8.78 Å². The maximum atomic E-state index is 13.8. The Balaban J connectivity index is 0.000000484. The number of carbonyl (C=O) groups excluding carboxylic acids is 1. The van der Waals surface area contributed by atoms with E-state index in [-0.39, 0.29) is 36.6 Å². The molecule has 2 unspecified atom stereocenters. The molecule has 4 nitrogen and oxygen atoms in total. The Bertz CT molecular complexity index is 1060. The van der Waals surface area contributed by atoms with Gasteiger partial charge in [-0.3, -0.25) is 4.79 Å². The van der Waals surface area contributed by atoms with Gasteiger partial charge in [0.15, 0.2) is 12.1 Å². The van der Waals surface area contributed by atoms with Crippen molar-refractivity contribution in [1.82, 2.24) is 0 Å². The second-order valence-electron chi connectivity index (χ2n) is 10.3. The third-order valence-corrected chi connectivity index (χ3v) is 6.29. The molecule has 0 saturated carbocycles. The highest BCUT2D eigenvalue weighted by Crippen LogP contribution is 2.35. The van der Waals surface area contributed by atoms with Crippen LogP contribution in [0, 0.1) is 17.6 Å². The fourth-order valence-corrected chi connectivity index (χ4v) is 4.04. The number of Topliss-reactive ketones (excluding diaryl/α,β-unsaturated/α-hetero) is 1. The molecule has 1 aliphatic carbocycles. The molecule has 1 aromatic carbocycles. The normalized spacial score (nSPS) is 20.4. The van der Waals surface area contributed by atoms with Crippen molar-refractivity contribution in [2.45, 2.75) is 79.3 Å². The molecule has 0 saturated heterocycles. The predicted octanol–water partition coefficient (Wildman–Crippen LogP) is 7.96. The van der Waals surface area contributed by atoms with E-state index >= 15 is 0 Å². The maximum absolute atomic E-state index is 13.8. The molecule has 1 heterocycles. The van der Waals surface area contributed by atoms with Gasteiger partial charge in [-0.15, -0.1) is 13.2 Å². The Labute approximate surface area is 226 Å². The highest BCUT2D eigenvalue weighted by molar-refractivity contribution is 5.96. The van der Waals surface area contributed by atoms with Crippen LogP contribution in [0.5, 0.6) is 0 Å². The molecular formula is C32H42F2O4. The second-order valence-corrected chi connectivity index (χ2v) is 10.3. The molecule has 3 rings (SSSR count). The van der Waals surface area contributed by atoms with E-state index in [0.717, 1.165) is 24.0 Å². The van der Waals surface area contributed by atoms with Gasteiger partial charge in [0.1, 0.15) is 11.6 Å². The van der Waals surface area contributed by atoms with Crippen LogP contribution in [0.1, 0.15) is 65.9 Å². The lowest BCUT2D eigenvalue weighted by Gasteiger charge is -2.37. The summed E-state index contributed by atoms with van der Waals surface area (Å²) in [5, 5.41) is 0. The fraction of sp³-hybridized carbons (Fsp3) is 0.469. The van der Waals surface area contributed by atoms with Crippen LogP contribution < -0.4 is 0 Å². The van der Waals surface area contributed by atoms with Crippen LogP contribution in [0.2, 0.25) is 0 Å². The molecule has 0 amide bonds. The van der Waals surface area contributed by atoms with E-state index in [1.807, 2.05) is 13.0 Å². The van der Waals surface area contributed by atoms with Gasteiger partial charge in [0.25, 0.3) is 0 Å². The Morgan fingerprint density at radius 3 is 2.32 bits per heavy atom.